The molecule has 0 bridgehead atoms. The Kier molecular flexibility index (Phi) is 4.41. The lowest BCUT2D eigenvalue weighted by Gasteiger charge is -2.42. The molecule has 0 atom stereocenters. The molecule has 0 unspecified atom stereocenters. The monoisotopic (exact) mass is 351 g/mol. The van der Waals surface area contributed by atoms with Crippen molar-refractivity contribution in [2.75, 3.05) is 12.3 Å². The number of aromatic nitrogens is 1. The molecule has 7 heteroatoms. The number of nitrogens with two attached hydrogens (primary N) is 1. The van der Waals surface area contributed by atoms with Crippen LogP contribution in [0, 0.1) is 11.6 Å². The molecular formula is C17H16ClF2N3O. The Labute approximate surface area is 143 Å². The zero-order valence-corrected chi connectivity index (χ0v) is 13.5. The first-order valence-electron chi connectivity index (χ1n) is 7.57. The van der Waals surface area contributed by atoms with E-state index in [-0.39, 0.29) is 28.5 Å². The van der Waals surface area contributed by atoms with E-state index in [0.29, 0.717) is 12.8 Å². The molecule has 1 aromatic carbocycles. The number of nitrogen functional groups attached to an aromatic ring is 1. The molecule has 1 saturated carbocycles. The number of pyridine rings is 1. The lowest BCUT2D eigenvalue weighted by molar-refractivity contribution is 0.0924. The van der Waals surface area contributed by atoms with Crippen molar-refractivity contribution in [2.45, 2.75) is 24.7 Å². The van der Waals surface area contributed by atoms with E-state index in [1.54, 1.807) is 0 Å². The van der Waals surface area contributed by atoms with Gasteiger partial charge in [0.2, 0.25) is 0 Å². The molecule has 126 valence electrons. The van der Waals surface area contributed by atoms with Crippen LogP contribution >= 0.6 is 11.6 Å². The van der Waals surface area contributed by atoms with Crippen molar-refractivity contribution in [1.29, 1.82) is 0 Å². The highest BCUT2D eigenvalue weighted by atomic mass is 35.5. The Morgan fingerprint density at radius 2 is 2.00 bits per heavy atom. The average Bonchev–Trinajstić information content (AvgIpc) is 2.51. The molecule has 4 nitrogen and oxygen atoms in total. The van der Waals surface area contributed by atoms with Gasteiger partial charge < -0.3 is 11.1 Å². The summed E-state index contributed by atoms with van der Waals surface area (Å²) >= 11 is 5.86. The van der Waals surface area contributed by atoms with Crippen LogP contribution < -0.4 is 11.1 Å². The highest BCUT2D eigenvalue weighted by molar-refractivity contribution is 6.33. The number of halogens is 3. The highest BCUT2D eigenvalue weighted by Gasteiger charge is 2.42. The summed E-state index contributed by atoms with van der Waals surface area (Å²) in [7, 11) is 0. The predicted octanol–water partition coefficient (Wildman–Crippen LogP) is 3.45. The van der Waals surface area contributed by atoms with E-state index < -0.39 is 23.0 Å². The van der Waals surface area contributed by atoms with E-state index in [1.807, 2.05) is 0 Å². The van der Waals surface area contributed by atoms with E-state index in [9.17, 15) is 13.6 Å². The van der Waals surface area contributed by atoms with Crippen LogP contribution in [0.25, 0.3) is 0 Å². The molecule has 3 rings (SSSR count). The topological polar surface area (TPSA) is 68.0 Å². The van der Waals surface area contributed by atoms with Crippen LogP contribution in [0.5, 0.6) is 0 Å². The normalized spacial score (nSPS) is 15.6. The van der Waals surface area contributed by atoms with Gasteiger partial charge in [0.1, 0.15) is 17.5 Å². The third-order valence-electron chi connectivity index (χ3n) is 4.52. The molecule has 1 aliphatic carbocycles. The quantitative estimate of drug-likeness (QED) is 0.886. The number of hydrogen-bond acceptors (Lipinski definition) is 3. The summed E-state index contributed by atoms with van der Waals surface area (Å²) in [6, 6.07) is 5.23. The number of benzene rings is 1. The van der Waals surface area contributed by atoms with Gasteiger partial charge in [-0.15, -0.1) is 0 Å². The van der Waals surface area contributed by atoms with E-state index in [4.69, 9.17) is 17.3 Å². The van der Waals surface area contributed by atoms with Gasteiger partial charge in [-0.2, -0.15) is 0 Å². The molecule has 0 radical (unpaired) electrons. The molecule has 1 fully saturated rings. The third-order valence-corrected chi connectivity index (χ3v) is 4.83. The number of nitrogens with zero attached hydrogens (tertiary/aromatic N) is 1. The van der Waals surface area contributed by atoms with Crippen molar-refractivity contribution in [1.82, 2.24) is 10.3 Å². The van der Waals surface area contributed by atoms with Gasteiger partial charge in [0.15, 0.2) is 0 Å². The van der Waals surface area contributed by atoms with Gasteiger partial charge in [-0.05, 0) is 31.0 Å². The molecular weight excluding hydrogens is 336 g/mol. The van der Waals surface area contributed by atoms with Crippen molar-refractivity contribution in [2.24, 2.45) is 0 Å². The first-order chi connectivity index (χ1) is 11.4. The summed E-state index contributed by atoms with van der Waals surface area (Å²) in [5.74, 6) is -1.44. The molecule has 0 saturated heterocycles. The Bertz CT molecular complexity index is 773. The third kappa shape index (κ3) is 2.94. The van der Waals surface area contributed by atoms with Gasteiger partial charge >= 0.3 is 0 Å². The fourth-order valence-electron chi connectivity index (χ4n) is 3.05. The summed E-state index contributed by atoms with van der Waals surface area (Å²) in [5, 5.41) is 2.91. The van der Waals surface area contributed by atoms with Crippen LogP contribution in [0.3, 0.4) is 0 Å². The number of rotatable bonds is 4. The van der Waals surface area contributed by atoms with Crippen LogP contribution in [0.1, 0.15) is 35.2 Å². The molecule has 1 aromatic heterocycles. The Balaban J connectivity index is 1.79. The minimum Gasteiger partial charge on any atom is -0.382 e. The lowest BCUT2D eigenvalue weighted by atomic mass is 9.64. The van der Waals surface area contributed by atoms with Crippen molar-refractivity contribution in [3.8, 4) is 0 Å². The summed E-state index contributed by atoms with van der Waals surface area (Å²) in [6.07, 6.45) is 3.41. The minimum absolute atomic E-state index is 0.0463. The number of hydrogen-bond donors (Lipinski definition) is 2. The first kappa shape index (κ1) is 16.6. The molecule has 0 aliphatic heterocycles. The number of carbonyl (C=O) groups excluding carboxylic acids is 1. The second kappa shape index (κ2) is 6.36. The molecule has 0 spiro atoms. The van der Waals surface area contributed by atoms with Crippen LogP contribution in [-0.2, 0) is 5.41 Å². The zero-order chi connectivity index (χ0) is 17.3. The van der Waals surface area contributed by atoms with Gasteiger partial charge in [0, 0.05) is 23.7 Å². The van der Waals surface area contributed by atoms with E-state index in [0.717, 1.165) is 6.42 Å². The molecule has 3 N–H and O–H groups in total. The van der Waals surface area contributed by atoms with Gasteiger partial charge in [-0.3, -0.25) is 4.79 Å². The van der Waals surface area contributed by atoms with Gasteiger partial charge in [-0.1, -0.05) is 24.1 Å². The molecule has 24 heavy (non-hydrogen) atoms. The van der Waals surface area contributed by atoms with E-state index in [1.165, 1.54) is 30.5 Å². The fourth-order valence-corrected chi connectivity index (χ4v) is 3.21. The largest absolute Gasteiger partial charge is 0.382 e. The van der Waals surface area contributed by atoms with E-state index in [2.05, 4.69) is 10.3 Å². The van der Waals surface area contributed by atoms with E-state index >= 15 is 0 Å². The molecule has 2 aromatic rings. The number of carbonyl (C=O) groups is 1. The summed E-state index contributed by atoms with van der Waals surface area (Å²) in [6.45, 7) is 0.145. The SMILES string of the molecule is Nc1ncc(C(=O)NCC2(c3c(F)cccc3F)CCC2)cc1Cl. The Morgan fingerprint density at radius 1 is 1.33 bits per heavy atom. The van der Waals surface area contributed by atoms with Crippen molar-refractivity contribution >= 4 is 23.3 Å². The Hall–Kier alpha value is -2.21. The van der Waals surface area contributed by atoms with Crippen LogP contribution in [0.4, 0.5) is 14.6 Å². The summed E-state index contributed by atoms with van der Waals surface area (Å²) in [4.78, 5) is 16.1. The molecule has 1 amide bonds. The van der Waals surface area contributed by atoms with Gasteiger partial charge in [-0.25, -0.2) is 13.8 Å². The summed E-state index contributed by atoms with van der Waals surface area (Å²) < 4.78 is 28.2. The molecule has 1 heterocycles. The number of nitrogens with one attached hydrogen (secondary N) is 1. The number of amides is 1. The smallest absolute Gasteiger partial charge is 0.252 e. The zero-order valence-electron chi connectivity index (χ0n) is 12.8. The maximum Gasteiger partial charge on any atom is 0.252 e. The van der Waals surface area contributed by atoms with Crippen molar-refractivity contribution in [3.05, 3.63) is 58.2 Å². The van der Waals surface area contributed by atoms with Crippen molar-refractivity contribution < 1.29 is 13.6 Å². The minimum atomic E-state index is -0.712. The predicted molar refractivity (Wildman–Crippen MR) is 87.9 cm³/mol. The standard InChI is InChI=1S/C17H16ClF2N3O/c18-11-7-10(8-22-15(11)21)16(24)23-9-17(5-2-6-17)14-12(19)3-1-4-13(14)20/h1,3-4,7-8H,2,5-6,9H2,(H2,21,22)(H,23,24). The fraction of sp³-hybridized carbons (Fsp3) is 0.294. The Morgan fingerprint density at radius 3 is 2.54 bits per heavy atom. The second-order valence-electron chi connectivity index (χ2n) is 6.00. The second-order valence-corrected chi connectivity index (χ2v) is 6.41. The maximum atomic E-state index is 14.1. The lowest BCUT2D eigenvalue weighted by Crippen LogP contribution is -2.46. The van der Waals surface area contributed by atoms with Crippen LogP contribution in [0.15, 0.2) is 30.5 Å². The highest BCUT2D eigenvalue weighted by Crippen LogP contribution is 2.45. The van der Waals surface area contributed by atoms with Crippen LogP contribution in [0.2, 0.25) is 5.02 Å². The first-order valence-corrected chi connectivity index (χ1v) is 7.94. The maximum absolute atomic E-state index is 14.1. The van der Waals surface area contributed by atoms with Crippen molar-refractivity contribution in [3.63, 3.8) is 0 Å². The average molecular weight is 352 g/mol. The van der Waals surface area contributed by atoms with Gasteiger partial charge in [0.05, 0.1) is 10.6 Å². The molecule has 1 aliphatic rings. The van der Waals surface area contributed by atoms with Gasteiger partial charge in [0.25, 0.3) is 5.91 Å². The summed E-state index contributed by atoms with van der Waals surface area (Å²) in [5.41, 5.74) is 5.10. The number of anilines is 1. The van der Waals surface area contributed by atoms with Crippen LogP contribution in [-0.4, -0.2) is 17.4 Å².